The largest absolute Gasteiger partial charge is 0.470 e. The lowest BCUT2D eigenvalue weighted by Gasteiger charge is -2.33. The zero-order chi connectivity index (χ0) is 26.3. The Hall–Kier alpha value is -3.26. The fourth-order valence-electron chi connectivity index (χ4n) is 3.43. The molecule has 8 nitrogen and oxygen atoms in total. The van der Waals surface area contributed by atoms with E-state index >= 15 is 0 Å². The van der Waals surface area contributed by atoms with E-state index < -0.39 is 45.5 Å². The maximum atomic E-state index is 15.0. The molecule has 1 aromatic heterocycles. The Morgan fingerprint density at radius 1 is 1.06 bits per heavy atom. The Bertz CT molecular complexity index is 1400. The highest BCUT2D eigenvalue weighted by atomic mass is 35.5. The van der Waals surface area contributed by atoms with Gasteiger partial charge >= 0.3 is 18.1 Å². The highest BCUT2D eigenvalue weighted by Gasteiger charge is 2.38. The molecule has 0 saturated carbocycles. The van der Waals surface area contributed by atoms with Gasteiger partial charge in [-0.15, -0.1) is 10.2 Å². The third kappa shape index (κ3) is 5.59. The fourth-order valence-corrected chi connectivity index (χ4v) is 4.81. The molecule has 192 valence electrons. The number of alkyl halides is 3. The summed E-state index contributed by atoms with van der Waals surface area (Å²) in [4.78, 5) is 15.6. The third-order valence-corrected chi connectivity index (χ3v) is 7.26. The van der Waals surface area contributed by atoms with Crippen molar-refractivity contribution in [1.82, 2.24) is 15.1 Å². The van der Waals surface area contributed by atoms with E-state index in [-0.39, 0.29) is 53.0 Å². The molecule has 15 heteroatoms. The number of benzene rings is 2. The summed E-state index contributed by atoms with van der Waals surface area (Å²) in [6.45, 7) is -0.562. The summed E-state index contributed by atoms with van der Waals surface area (Å²) < 4.78 is 94.9. The molecular formula is C21H16ClF5N4O4S. The van der Waals surface area contributed by atoms with Crippen LogP contribution in [0.4, 0.5) is 32.4 Å². The monoisotopic (exact) mass is 550 g/mol. The zero-order valence-electron chi connectivity index (χ0n) is 18.1. The fraction of sp³-hybridized carbons (Fsp3) is 0.286. The van der Waals surface area contributed by atoms with Gasteiger partial charge in [0.2, 0.25) is 5.89 Å². The van der Waals surface area contributed by atoms with Crippen LogP contribution in [0, 0.1) is 11.6 Å². The molecule has 1 aliphatic heterocycles. The van der Waals surface area contributed by atoms with Crippen molar-refractivity contribution in [3.05, 3.63) is 64.5 Å². The van der Waals surface area contributed by atoms with E-state index in [1.54, 1.807) is 0 Å². The summed E-state index contributed by atoms with van der Waals surface area (Å²) in [6.07, 6.45) is -4.87. The molecule has 0 bridgehead atoms. The molecule has 2 heterocycles. The molecule has 0 atom stereocenters. The summed E-state index contributed by atoms with van der Waals surface area (Å²) in [5.74, 6) is -4.28. The molecule has 2 aromatic carbocycles. The average molecular weight is 551 g/mol. The summed E-state index contributed by atoms with van der Waals surface area (Å²) in [5, 5.41) is 5.88. The SMILES string of the molecule is O=C(N1CCS(=O)(=O)CC1)N(Cc1ccc(-c2nnc(C(F)(F)F)o2)cc1F)c1ccc(F)c(Cl)c1. The van der Waals surface area contributed by atoms with E-state index in [0.29, 0.717) is 0 Å². The molecule has 0 unspecified atom stereocenters. The van der Waals surface area contributed by atoms with Crippen molar-refractivity contribution in [2.24, 2.45) is 0 Å². The number of carbonyl (C=O) groups excluding carboxylic acids is 1. The van der Waals surface area contributed by atoms with E-state index in [0.717, 1.165) is 17.0 Å². The number of hydrogen-bond acceptors (Lipinski definition) is 6. The van der Waals surface area contributed by atoms with E-state index in [1.807, 2.05) is 0 Å². The van der Waals surface area contributed by atoms with E-state index in [4.69, 9.17) is 11.6 Å². The van der Waals surface area contributed by atoms with Gasteiger partial charge in [0.05, 0.1) is 23.1 Å². The number of aromatic nitrogens is 2. The minimum atomic E-state index is -4.87. The number of carbonyl (C=O) groups is 1. The molecule has 0 N–H and O–H groups in total. The number of amides is 2. The normalized spacial score (nSPS) is 15.7. The van der Waals surface area contributed by atoms with Gasteiger partial charge in [-0.25, -0.2) is 22.0 Å². The lowest BCUT2D eigenvalue weighted by Crippen LogP contribution is -2.49. The van der Waals surface area contributed by atoms with Crippen LogP contribution in [0.2, 0.25) is 5.02 Å². The highest BCUT2D eigenvalue weighted by molar-refractivity contribution is 7.91. The molecule has 0 radical (unpaired) electrons. The zero-order valence-corrected chi connectivity index (χ0v) is 19.7. The number of rotatable bonds is 4. The second-order valence-corrected chi connectivity index (χ2v) is 10.5. The first kappa shape index (κ1) is 25.8. The highest BCUT2D eigenvalue weighted by Crippen LogP contribution is 2.31. The second kappa shape index (κ2) is 9.65. The van der Waals surface area contributed by atoms with Crippen molar-refractivity contribution in [2.45, 2.75) is 12.7 Å². The summed E-state index contributed by atoms with van der Waals surface area (Å²) in [6, 6.07) is 6.10. The van der Waals surface area contributed by atoms with Gasteiger partial charge in [-0.3, -0.25) is 4.90 Å². The topological polar surface area (TPSA) is 96.6 Å². The van der Waals surface area contributed by atoms with E-state index in [1.165, 1.54) is 29.2 Å². The van der Waals surface area contributed by atoms with Crippen LogP contribution in [-0.2, 0) is 22.6 Å². The van der Waals surface area contributed by atoms with Crippen molar-refractivity contribution < 1.29 is 39.6 Å². The smallest absolute Gasteiger partial charge is 0.413 e. The standard InChI is InChI=1S/C21H16ClF5N4O4S/c22-15-10-14(3-4-16(15)23)31(20(32)30-5-7-36(33,34)8-6-30)11-13-2-1-12(9-17(13)24)18-28-29-19(35-18)21(25,26)27/h1-4,9-10H,5-8,11H2. The Morgan fingerprint density at radius 3 is 2.33 bits per heavy atom. The predicted molar refractivity (Wildman–Crippen MR) is 118 cm³/mol. The maximum absolute atomic E-state index is 15.0. The van der Waals surface area contributed by atoms with Gasteiger partial charge in [0.15, 0.2) is 9.84 Å². The molecule has 1 aliphatic rings. The van der Waals surface area contributed by atoms with Crippen LogP contribution in [0.25, 0.3) is 11.5 Å². The van der Waals surface area contributed by atoms with Gasteiger partial charge < -0.3 is 9.32 Å². The van der Waals surface area contributed by atoms with E-state index in [9.17, 15) is 35.2 Å². The first-order chi connectivity index (χ1) is 16.8. The molecule has 4 rings (SSSR count). The number of halogens is 6. The number of hydrogen-bond donors (Lipinski definition) is 0. The van der Waals surface area contributed by atoms with Crippen LogP contribution in [-0.4, -0.2) is 54.1 Å². The number of nitrogens with zero attached hydrogens (tertiary/aromatic N) is 4. The van der Waals surface area contributed by atoms with Crippen molar-refractivity contribution in [3.63, 3.8) is 0 Å². The van der Waals surface area contributed by atoms with Crippen LogP contribution in [0.5, 0.6) is 0 Å². The minimum Gasteiger partial charge on any atom is -0.413 e. The molecule has 2 amide bonds. The molecule has 1 saturated heterocycles. The number of urea groups is 1. The van der Waals surface area contributed by atoms with Crippen molar-refractivity contribution in [2.75, 3.05) is 29.5 Å². The van der Waals surface area contributed by atoms with Crippen molar-refractivity contribution in [1.29, 1.82) is 0 Å². The number of sulfone groups is 1. The summed E-state index contributed by atoms with van der Waals surface area (Å²) >= 11 is 5.86. The van der Waals surface area contributed by atoms with Crippen LogP contribution in [0.3, 0.4) is 0 Å². The Kier molecular flexibility index (Phi) is 6.92. The lowest BCUT2D eigenvalue weighted by atomic mass is 10.1. The predicted octanol–water partition coefficient (Wildman–Crippen LogP) is 4.54. The van der Waals surface area contributed by atoms with Crippen molar-refractivity contribution >= 4 is 33.2 Å². The molecule has 3 aromatic rings. The Labute approximate surface area is 206 Å². The third-order valence-electron chi connectivity index (χ3n) is 5.36. The van der Waals surface area contributed by atoms with Gasteiger partial charge in [-0.05, 0) is 30.3 Å². The number of anilines is 1. The molecule has 36 heavy (non-hydrogen) atoms. The molecule has 0 spiro atoms. The first-order valence-corrected chi connectivity index (χ1v) is 12.5. The average Bonchev–Trinajstić information content (AvgIpc) is 3.31. The minimum absolute atomic E-state index is 0.0484. The van der Waals surface area contributed by atoms with Gasteiger partial charge in [-0.1, -0.05) is 17.7 Å². The van der Waals surface area contributed by atoms with Crippen LogP contribution < -0.4 is 4.90 Å². The first-order valence-electron chi connectivity index (χ1n) is 10.3. The van der Waals surface area contributed by atoms with Gasteiger partial charge in [0, 0.05) is 29.9 Å². The van der Waals surface area contributed by atoms with Gasteiger partial charge in [-0.2, -0.15) is 13.2 Å². The van der Waals surface area contributed by atoms with Crippen LogP contribution in [0.1, 0.15) is 11.5 Å². The van der Waals surface area contributed by atoms with Crippen molar-refractivity contribution in [3.8, 4) is 11.5 Å². The summed E-state index contributed by atoms with van der Waals surface area (Å²) in [5.41, 5.74) is -0.0500. The maximum Gasteiger partial charge on any atom is 0.470 e. The molecule has 1 fully saturated rings. The van der Waals surface area contributed by atoms with Gasteiger partial charge in [0.25, 0.3) is 0 Å². The molecular weight excluding hydrogens is 535 g/mol. The van der Waals surface area contributed by atoms with Crippen LogP contribution in [0.15, 0.2) is 40.8 Å². The van der Waals surface area contributed by atoms with Crippen LogP contribution >= 0.6 is 11.6 Å². The summed E-state index contributed by atoms with van der Waals surface area (Å²) in [7, 11) is -3.29. The second-order valence-electron chi connectivity index (χ2n) is 7.82. The van der Waals surface area contributed by atoms with Gasteiger partial charge in [0.1, 0.15) is 11.6 Å². The lowest BCUT2D eigenvalue weighted by molar-refractivity contribution is -0.156. The Balaban J connectivity index is 1.63. The van der Waals surface area contributed by atoms with E-state index in [2.05, 4.69) is 14.6 Å². The molecule has 0 aliphatic carbocycles. The quantitative estimate of drug-likeness (QED) is 0.442. The Morgan fingerprint density at radius 2 is 1.75 bits per heavy atom.